The third kappa shape index (κ3) is 5.08. The van der Waals surface area contributed by atoms with E-state index in [1.54, 1.807) is 11.8 Å². The van der Waals surface area contributed by atoms with Gasteiger partial charge in [-0.25, -0.2) is 4.98 Å². The highest BCUT2D eigenvalue weighted by Gasteiger charge is 2.24. The first-order valence-corrected chi connectivity index (χ1v) is 7.17. The number of nitrogens with zero attached hydrogens (tertiary/aromatic N) is 2. The van der Waals surface area contributed by atoms with E-state index in [-0.39, 0.29) is 5.41 Å². The third-order valence-corrected chi connectivity index (χ3v) is 3.58. The summed E-state index contributed by atoms with van der Waals surface area (Å²) < 4.78 is 0. The Kier molecular flexibility index (Phi) is 5.46. The van der Waals surface area contributed by atoms with Crippen molar-refractivity contribution in [2.75, 3.05) is 12.3 Å². The molecule has 1 heterocycles. The van der Waals surface area contributed by atoms with Crippen molar-refractivity contribution in [1.82, 2.24) is 20.5 Å². The van der Waals surface area contributed by atoms with Gasteiger partial charge in [-0.1, -0.05) is 39.5 Å². The van der Waals surface area contributed by atoms with Gasteiger partial charge in [0.25, 0.3) is 0 Å². The highest BCUT2D eigenvalue weighted by molar-refractivity contribution is 7.99. The largest absolute Gasteiger partial charge is 0.313 e. The van der Waals surface area contributed by atoms with Gasteiger partial charge in [0.2, 0.25) is 5.16 Å². The summed E-state index contributed by atoms with van der Waals surface area (Å²) >= 11 is 1.71. The molecule has 0 saturated carbocycles. The monoisotopic (exact) mass is 256 g/mol. The molecule has 0 aliphatic carbocycles. The summed E-state index contributed by atoms with van der Waals surface area (Å²) in [7, 11) is 0. The van der Waals surface area contributed by atoms with Crippen molar-refractivity contribution in [2.45, 2.75) is 52.2 Å². The fourth-order valence-electron chi connectivity index (χ4n) is 1.48. The molecule has 2 N–H and O–H groups in total. The van der Waals surface area contributed by atoms with E-state index in [0.29, 0.717) is 6.04 Å². The minimum absolute atomic E-state index is 0.257. The van der Waals surface area contributed by atoms with E-state index in [4.69, 9.17) is 0 Å². The number of aromatic amines is 1. The van der Waals surface area contributed by atoms with Crippen LogP contribution in [0.5, 0.6) is 0 Å². The molecule has 5 heteroatoms. The van der Waals surface area contributed by atoms with Crippen LogP contribution in [0.15, 0.2) is 5.16 Å². The van der Waals surface area contributed by atoms with Crippen LogP contribution < -0.4 is 5.32 Å². The Bertz CT molecular complexity index is 329. The summed E-state index contributed by atoms with van der Waals surface area (Å²) in [5.41, 5.74) is 0.257. The van der Waals surface area contributed by atoms with Crippen molar-refractivity contribution in [3.63, 3.8) is 0 Å². The predicted octanol–water partition coefficient (Wildman–Crippen LogP) is 2.62. The van der Waals surface area contributed by atoms with Gasteiger partial charge in [0.05, 0.1) is 0 Å². The first-order chi connectivity index (χ1) is 7.93. The molecule has 0 aromatic carbocycles. The second-order valence-electron chi connectivity index (χ2n) is 5.39. The molecule has 0 saturated heterocycles. The van der Waals surface area contributed by atoms with Crippen LogP contribution in [0.25, 0.3) is 0 Å². The Balaban J connectivity index is 2.49. The zero-order valence-corrected chi connectivity index (χ0v) is 12.3. The first-order valence-electron chi connectivity index (χ1n) is 6.18. The molecule has 1 aromatic rings. The van der Waals surface area contributed by atoms with Crippen LogP contribution in [-0.2, 0) is 0 Å². The summed E-state index contributed by atoms with van der Waals surface area (Å²) in [5, 5.41) is 11.5. The number of rotatable bonds is 6. The van der Waals surface area contributed by atoms with Gasteiger partial charge in [0.1, 0.15) is 5.82 Å². The van der Waals surface area contributed by atoms with E-state index < -0.39 is 0 Å². The maximum Gasteiger partial charge on any atom is 0.208 e. The lowest BCUT2D eigenvalue weighted by Gasteiger charge is -2.31. The van der Waals surface area contributed by atoms with Crippen LogP contribution in [0.3, 0.4) is 0 Å². The molecule has 0 radical (unpaired) electrons. The number of nitrogens with one attached hydrogen (secondary N) is 2. The Morgan fingerprint density at radius 1 is 1.41 bits per heavy atom. The topological polar surface area (TPSA) is 53.6 Å². The smallest absolute Gasteiger partial charge is 0.208 e. The number of aryl methyl sites for hydroxylation is 1. The Labute approximate surface area is 108 Å². The van der Waals surface area contributed by atoms with Crippen LogP contribution >= 0.6 is 11.8 Å². The maximum absolute atomic E-state index is 4.31. The number of aromatic nitrogens is 3. The molecule has 1 unspecified atom stereocenters. The number of thioether (sulfide) groups is 1. The zero-order chi connectivity index (χ0) is 12.9. The van der Waals surface area contributed by atoms with Gasteiger partial charge < -0.3 is 5.32 Å². The van der Waals surface area contributed by atoms with Crippen molar-refractivity contribution in [3.05, 3.63) is 5.82 Å². The molecule has 0 bridgehead atoms. The predicted molar refractivity (Wildman–Crippen MR) is 73.4 cm³/mol. The maximum atomic E-state index is 4.31. The van der Waals surface area contributed by atoms with Gasteiger partial charge in [0, 0.05) is 11.8 Å². The molecular weight excluding hydrogens is 232 g/mol. The minimum atomic E-state index is 0.257. The van der Waals surface area contributed by atoms with Gasteiger partial charge in [-0.05, 0) is 25.3 Å². The van der Waals surface area contributed by atoms with Crippen molar-refractivity contribution in [2.24, 2.45) is 5.41 Å². The fraction of sp³-hybridized carbons (Fsp3) is 0.833. The van der Waals surface area contributed by atoms with Crippen molar-refractivity contribution >= 4 is 11.8 Å². The van der Waals surface area contributed by atoms with E-state index in [1.807, 2.05) is 6.92 Å². The summed E-state index contributed by atoms with van der Waals surface area (Å²) in [6.07, 6.45) is 1.16. The van der Waals surface area contributed by atoms with E-state index in [1.165, 1.54) is 0 Å². The standard InChI is InChI=1S/C12H24N4S/c1-6-7-13-10(12(3,4)5)8-17-11-14-9(2)15-16-11/h10,13H,6-8H2,1-5H3,(H,14,15,16). The second kappa shape index (κ2) is 6.40. The highest BCUT2D eigenvalue weighted by atomic mass is 32.2. The SMILES string of the molecule is CCCNC(CSc1n[nH]c(C)n1)C(C)(C)C. The molecule has 0 amide bonds. The molecule has 1 rings (SSSR count). The van der Waals surface area contributed by atoms with Crippen LogP contribution in [0, 0.1) is 12.3 Å². The molecule has 4 nitrogen and oxygen atoms in total. The van der Waals surface area contributed by atoms with Crippen LogP contribution in [-0.4, -0.2) is 33.5 Å². The highest BCUT2D eigenvalue weighted by Crippen LogP contribution is 2.24. The van der Waals surface area contributed by atoms with Gasteiger partial charge in [0.15, 0.2) is 0 Å². The first kappa shape index (κ1) is 14.5. The third-order valence-electron chi connectivity index (χ3n) is 2.64. The molecule has 17 heavy (non-hydrogen) atoms. The molecule has 0 fully saturated rings. The quantitative estimate of drug-likeness (QED) is 0.768. The van der Waals surface area contributed by atoms with E-state index in [0.717, 1.165) is 29.7 Å². The molecule has 1 atom stereocenters. The molecule has 0 spiro atoms. The van der Waals surface area contributed by atoms with Crippen LogP contribution in [0.2, 0.25) is 0 Å². The van der Waals surface area contributed by atoms with E-state index >= 15 is 0 Å². The Morgan fingerprint density at radius 2 is 2.12 bits per heavy atom. The Hall–Kier alpha value is -0.550. The van der Waals surface area contributed by atoms with Gasteiger partial charge in [-0.2, -0.15) is 0 Å². The van der Waals surface area contributed by atoms with Crippen LogP contribution in [0.1, 0.15) is 39.9 Å². The van der Waals surface area contributed by atoms with Crippen molar-refractivity contribution in [1.29, 1.82) is 0 Å². The number of hydrogen-bond donors (Lipinski definition) is 2. The average molecular weight is 256 g/mol. The normalized spacial score (nSPS) is 13.9. The van der Waals surface area contributed by atoms with Gasteiger partial charge >= 0.3 is 0 Å². The molecule has 98 valence electrons. The lowest BCUT2D eigenvalue weighted by Crippen LogP contribution is -2.42. The molecule has 0 aliphatic heterocycles. The van der Waals surface area contributed by atoms with Gasteiger partial charge in [-0.3, -0.25) is 5.10 Å². The molecule has 0 aliphatic rings. The lowest BCUT2D eigenvalue weighted by molar-refractivity contribution is 0.291. The average Bonchev–Trinajstić information content (AvgIpc) is 2.62. The summed E-state index contributed by atoms with van der Waals surface area (Å²) in [6.45, 7) is 12.0. The van der Waals surface area contributed by atoms with E-state index in [9.17, 15) is 0 Å². The minimum Gasteiger partial charge on any atom is -0.313 e. The summed E-state index contributed by atoms with van der Waals surface area (Å²) in [5.74, 6) is 1.88. The number of H-pyrrole nitrogens is 1. The molecule has 1 aromatic heterocycles. The van der Waals surface area contributed by atoms with Crippen LogP contribution in [0.4, 0.5) is 0 Å². The Morgan fingerprint density at radius 3 is 2.59 bits per heavy atom. The second-order valence-corrected chi connectivity index (χ2v) is 6.37. The fourth-order valence-corrected chi connectivity index (χ4v) is 2.72. The lowest BCUT2D eigenvalue weighted by atomic mass is 9.88. The van der Waals surface area contributed by atoms with E-state index in [2.05, 4.69) is 48.2 Å². The summed E-state index contributed by atoms with van der Waals surface area (Å²) in [6, 6.07) is 0.478. The summed E-state index contributed by atoms with van der Waals surface area (Å²) in [4.78, 5) is 4.31. The van der Waals surface area contributed by atoms with Gasteiger partial charge in [-0.15, -0.1) is 5.10 Å². The molecular formula is C12H24N4S. The zero-order valence-electron chi connectivity index (χ0n) is 11.5. The number of hydrogen-bond acceptors (Lipinski definition) is 4. The van der Waals surface area contributed by atoms with Crippen molar-refractivity contribution in [3.8, 4) is 0 Å². The van der Waals surface area contributed by atoms with Crippen molar-refractivity contribution < 1.29 is 0 Å².